The van der Waals surface area contributed by atoms with Gasteiger partial charge in [-0.2, -0.15) is 0 Å². The largest absolute Gasteiger partial charge is 0.507 e. The molecule has 0 radical (unpaired) electrons. The number of aromatic carboxylic acids is 1. The lowest BCUT2D eigenvalue weighted by atomic mass is 9.92. The molecule has 2 N–H and O–H groups in total. The zero-order valence-corrected chi connectivity index (χ0v) is 15.1. The lowest BCUT2D eigenvalue weighted by molar-refractivity contribution is 0.0694. The molecule has 0 unspecified atom stereocenters. The van der Waals surface area contributed by atoms with Crippen LogP contribution < -0.4 is 0 Å². The molecule has 0 aliphatic heterocycles. The van der Waals surface area contributed by atoms with Gasteiger partial charge in [-0.15, -0.1) is 10.2 Å². The minimum atomic E-state index is -1.22. The third-order valence-electron chi connectivity index (χ3n) is 3.94. The first-order chi connectivity index (χ1) is 12.2. The molecule has 2 aromatic heterocycles. The SMILES string of the molecule is Cc1ccn2c(N=Nc3ccc(O)c(C(=O)O)c3)c(C(C)(C)C)nc2c1. The average Bonchev–Trinajstić information content (AvgIpc) is 2.91. The van der Waals surface area contributed by atoms with Crippen LogP contribution in [0.15, 0.2) is 46.8 Å². The fraction of sp³-hybridized carbons (Fsp3) is 0.263. The number of benzene rings is 1. The number of aromatic hydroxyl groups is 1. The van der Waals surface area contributed by atoms with Crippen molar-refractivity contribution in [3.63, 3.8) is 0 Å². The van der Waals surface area contributed by atoms with E-state index in [0.29, 0.717) is 11.5 Å². The number of aryl methyl sites for hydroxylation is 1. The molecule has 0 saturated carbocycles. The van der Waals surface area contributed by atoms with E-state index in [1.54, 1.807) is 0 Å². The summed E-state index contributed by atoms with van der Waals surface area (Å²) in [6, 6.07) is 8.02. The van der Waals surface area contributed by atoms with Crippen LogP contribution in [0.2, 0.25) is 0 Å². The fourth-order valence-electron chi connectivity index (χ4n) is 2.59. The molecule has 7 nitrogen and oxygen atoms in total. The van der Waals surface area contributed by atoms with E-state index in [9.17, 15) is 9.90 Å². The first-order valence-corrected chi connectivity index (χ1v) is 8.14. The predicted octanol–water partition coefficient (Wildman–Crippen LogP) is 4.76. The van der Waals surface area contributed by atoms with Crippen LogP contribution in [0, 0.1) is 6.92 Å². The van der Waals surface area contributed by atoms with E-state index in [1.807, 2.05) is 50.4 Å². The van der Waals surface area contributed by atoms with Gasteiger partial charge in [-0.25, -0.2) is 9.78 Å². The van der Waals surface area contributed by atoms with E-state index < -0.39 is 5.97 Å². The number of carbonyl (C=O) groups is 1. The number of carboxylic acid groups (broad SMARTS) is 1. The molecular weight excluding hydrogens is 332 g/mol. The minimum Gasteiger partial charge on any atom is -0.507 e. The van der Waals surface area contributed by atoms with Crippen LogP contribution in [-0.2, 0) is 5.41 Å². The van der Waals surface area contributed by atoms with Crippen LogP contribution in [0.4, 0.5) is 11.5 Å². The van der Waals surface area contributed by atoms with Gasteiger partial charge < -0.3 is 10.2 Å². The second-order valence-electron chi connectivity index (χ2n) is 7.17. The summed E-state index contributed by atoms with van der Waals surface area (Å²) in [4.78, 5) is 15.8. The molecule has 0 fully saturated rings. The molecule has 3 aromatic rings. The molecule has 0 aliphatic rings. The summed E-state index contributed by atoms with van der Waals surface area (Å²) in [6.07, 6.45) is 1.89. The summed E-state index contributed by atoms with van der Waals surface area (Å²) in [7, 11) is 0. The number of carboxylic acids is 1. The Labute approximate surface area is 150 Å². The van der Waals surface area contributed by atoms with Crippen LogP contribution in [0.1, 0.15) is 42.4 Å². The molecule has 7 heteroatoms. The summed E-state index contributed by atoms with van der Waals surface area (Å²) in [5, 5.41) is 27.2. The van der Waals surface area contributed by atoms with E-state index >= 15 is 0 Å². The standard InChI is InChI=1S/C19H20N4O3/c1-11-7-8-23-15(9-11)20-16(19(2,3)4)17(23)22-21-12-5-6-14(24)13(10-12)18(25)26/h5-10,24H,1-4H3,(H,25,26). The summed E-state index contributed by atoms with van der Waals surface area (Å²) in [5.74, 6) is -0.935. The van der Waals surface area contributed by atoms with Crippen LogP contribution in [-0.4, -0.2) is 25.6 Å². The molecule has 3 rings (SSSR count). The monoisotopic (exact) mass is 352 g/mol. The van der Waals surface area contributed by atoms with Gasteiger partial charge in [0.25, 0.3) is 0 Å². The number of pyridine rings is 1. The molecule has 0 aliphatic carbocycles. The number of hydrogen-bond acceptors (Lipinski definition) is 5. The van der Waals surface area contributed by atoms with Crippen molar-refractivity contribution in [2.75, 3.05) is 0 Å². The second kappa shape index (κ2) is 6.25. The van der Waals surface area contributed by atoms with Gasteiger partial charge in [0.2, 0.25) is 0 Å². The molecule has 0 saturated heterocycles. The maximum absolute atomic E-state index is 11.2. The highest BCUT2D eigenvalue weighted by Crippen LogP contribution is 2.33. The number of aromatic nitrogens is 2. The first kappa shape index (κ1) is 17.6. The first-order valence-electron chi connectivity index (χ1n) is 8.14. The molecule has 0 amide bonds. The number of imidazole rings is 1. The van der Waals surface area contributed by atoms with Gasteiger partial charge >= 0.3 is 5.97 Å². The van der Waals surface area contributed by atoms with Crippen molar-refractivity contribution in [1.82, 2.24) is 9.38 Å². The zero-order chi connectivity index (χ0) is 19.1. The van der Waals surface area contributed by atoms with E-state index in [0.717, 1.165) is 16.9 Å². The zero-order valence-electron chi connectivity index (χ0n) is 15.1. The molecular formula is C19H20N4O3. The van der Waals surface area contributed by atoms with Crippen molar-refractivity contribution in [3.05, 3.63) is 53.3 Å². The number of fused-ring (bicyclic) bond motifs is 1. The lowest BCUT2D eigenvalue weighted by Crippen LogP contribution is -2.11. The van der Waals surface area contributed by atoms with Crippen LogP contribution in [0.3, 0.4) is 0 Å². The van der Waals surface area contributed by atoms with Crippen molar-refractivity contribution < 1.29 is 15.0 Å². The third kappa shape index (κ3) is 3.28. The molecule has 0 spiro atoms. The van der Waals surface area contributed by atoms with Crippen molar-refractivity contribution in [2.45, 2.75) is 33.1 Å². The van der Waals surface area contributed by atoms with Crippen LogP contribution >= 0.6 is 0 Å². The Morgan fingerprint density at radius 1 is 1.15 bits per heavy atom. The van der Waals surface area contributed by atoms with E-state index in [1.165, 1.54) is 18.2 Å². The number of rotatable bonds is 3. The van der Waals surface area contributed by atoms with Crippen molar-refractivity contribution >= 4 is 23.1 Å². The van der Waals surface area contributed by atoms with Gasteiger partial charge in [0.1, 0.15) is 17.0 Å². The van der Waals surface area contributed by atoms with Crippen molar-refractivity contribution in [2.24, 2.45) is 10.2 Å². The number of nitrogens with zero attached hydrogens (tertiary/aromatic N) is 4. The predicted molar refractivity (Wildman–Crippen MR) is 97.9 cm³/mol. The quantitative estimate of drug-likeness (QED) is 0.664. The highest BCUT2D eigenvalue weighted by molar-refractivity contribution is 5.91. The molecule has 0 bridgehead atoms. The fourth-order valence-corrected chi connectivity index (χ4v) is 2.59. The minimum absolute atomic E-state index is 0.216. The van der Waals surface area contributed by atoms with Crippen LogP contribution in [0.25, 0.3) is 5.65 Å². The molecule has 2 heterocycles. The highest BCUT2D eigenvalue weighted by atomic mass is 16.4. The Bertz CT molecular complexity index is 1030. The molecule has 0 atom stereocenters. The number of azo groups is 1. The smallest absolute Gasteiger partial charge is 0.339 e. The Balaban J connectivity index is 2.12. The van der Waals surface area contributed by atoms with Crippen molar-refractivity contribution in [3.8, 4) is 5.75 Å². The van der Waals surface area contributed by atoms with Gasteiger partial charge in [-0.1, -0.05) is 20.8 Å². The van der Waals surface area contributed by atoms with E-state index in [-0.39, 0.29) is 16.7 Å². The van der Waals surface area contributed by atoms with Gasteiger partial charge in [-0.3, -0.25) is 4.40 Å². The van der Waals surface area contributed by atoms with E-state index in [4.69, 9.17) is 10.1 Å². The van der Waals surface area contributed by atoms with Gasteiger partial charge in [0.05, 0.1) is 11.4 Å². The van der Waals surface area contributed by atoms with Gasteiger partial charge in [-0.05, 0) is 42.8 Å². The Hall–Kier alpha value is -3.22. The Morgan fingerprint density at radius 3 is 2.54 bits per heavy atom. The maximum atomic E-state index is 11.2. The topological polar surface area (TPSA) is 99.6 Å². The Morgan fingerprint density at radius 2 is 1.88 bits per heavy atom. The average molecular weight is 352 g/mol. The van der Waals surface area contributed by atoms with Gasteiger partial charge in [0.15, 0.2) is 5.82 Å². The second-order valence-corrected chi connectivity index (χ2v) is 7.17. The normalized spacial score (nSPS) is 12.2. The van der Waals surface area contributed by atoms with Gasteiger partial charge in [0, 0.05) is 11.6 Å². The summed E-state index contributed by atoms with van der Waals surface area (Å²) in [5.41, 5.74) is 2.55. The third-order valence-corrected chi connectivity index (χ3v) is 3.94. The van der Waals surface area contributed by atoms with E-state index in [2.05, 4.69) is 10.2 Å². The summed E-state index contributed by atoms with van der Waals surface area (Å²) < 4.78 is 1.86. The molecule has 26 heavy (non-hydrogen) atoms. The molecule has 134 valence electrons. The molecule has 1 aromatic carbocycles. The number of phenols is 1. The highest BCUT2D eigenvalue weighted by Gasteiger charge is 2.24. The summed E-state index contributed by atoms with van der Waals surface area (Å²) in [6.45, 7) is 8.13. The van der Waals surface area contributed by atoms with Crippen molar-refractivity contribution in [1.29, 1.82) is 0 Å². The van der Waals surface area contributed by atoms with Crippen LogP contribution in [0.5, 0.6) is 5.75 Å². The summed E-state index contributed by atoms with van der Waals surface area (Å²) >= 11 is 0. The lowest BCUT2D eigenvalue weighted by Gasteiger charge is -2.15. The Kier molecular flexibility index (Phi) is 4.23. The maximum Gasteiger partial charge on any atom is 0.339 e. The number of hydrogen-bond donors (Lipinski definition) is 2.